The summed E-state index contributed by atoms with van der Waals surface area (Å²) in [4.78, 5) is 7.77. The van der Waals surface area contributed by atoms with Gasteiger partial charge in [-0.05, 0) is 39.7 Å². The molecule has 0 bridgehead atoms. The van der Waals surface area contributed by atoms with Crippen molar-refractivity contribution < 1.29 is 13.2 Å². The molecule has 2 rings (SSSR count). The smallest absolute Gasteiger partial charge is 0.232 e. The summed E-state index contributed by atoms with van der Waals surface area (Å²) in [5.74, 6) is -0.166. The topological polar surface area (TPSA) is 87.1 Å². The van der Waals surface area contributed by atoms with Gasteiger partial charge in [0.05, 0.1) is 4.47 Å². The standard InChI is InChI=1S/C11H9BrClFN4O2S/c12-7-5-15-11(13)18-10(7)17-9-3-1-2-8(14)6(9)4-16-21(19)20/h1-3,5,16H,4H2,(H,19,20)(H,15,17,18). The van der Waals surface area contributed by atoms with Gasteiger partial charge < -0.3 is 5.32 Å². The van der Waals surface area contributed by atoms with Gasteiger partial charge in [-0.1, -0.05) is 6.07 Å². The number of benzene rings is 1. The summed E-state index contributed by atoms with van der Waals surface area (Å²) in [7, 11) is 0. The molecular formula is C11H9BrClFN4O2S. The number of halogens is 3. The van der Waals surface area contributed by atoms with E-state index in [0.29, 0.717) is 16.0 Å². The summed E-state index contributed by atoms with van der Waals surface area (Å²) in [5.41, 5.74) is 0.588. The average molecular weight is 396 g/mol. The Morgan fingerprint density at radius 2 is 2.24 bits per heavy atom. The van der Waals surface area contributed by atoms with Crippen molar-refractivity contribution in [2.75, 3.05) is 5.32 Å². The highest BCUT2D eigenvalue weighted by Gasteiger charge is 2.12. The molecule has 1 aromatic heterocycles. The van der Waals surface area contributed by atoms with E-state index in [9.17, 15) is 8.60 Å². The quantitative estimate of drug-likeness (QED) is 0.535. The fraction of sp³-hybridized carbons (Fsp3) is 0.0909. The molecule has 21 heavy (non-hydrogen) atoms. The van der Waals surface area contributed by atoms with Crippen LogP contribution in [0, 0.1) is 5.82 Å². The van der Waals surface area contributed by atoms with Gasteiger partial charge >= 0.3 is 0 Å². The van der Waals surface area contributed by atoms with Crippen molar-refractivity contribution in [1.29, 1.82) is 0 Å². The molecule has 1 aromatic carbocycles. The number of nitrogens with one attached hydrogen (secondary N) is 2. The zero-order valence-corrected chi connectivity index (χ0v) is 13.5. The molecule has 3 N–H and O–H groups in total. The summed E-state index contributed by atoms with van der Waals surface area (Å²) in [6, 6.07) is 4.38. The van der Waals surface area contributed by atoms with Crippen LogP contribution in [0.1, 0.15) is 5.56 Å². The first kappa shape index (κ1) is 16.2. The lowest BCUT2D eigenvalue weighted by Crippen LogP contribution is -2.17. The summed E-state index contributed by atoms with van der Waals surface area (Å²) in [6.07, 6.45) is 1.46. The lowest BCUT2D eigenvalue weighted by molar-refractivity contribution is 0.545. The van der Waals surface area contributed by atoms with Crippen molar-refractivity contribution in [3.05, 3.63) is 45.5 Å². The third-order valence-electron chi connectivity index (χ3n) is 2.46. The number of aromatic nitrogens is 2. The molecule has 0 aliphatic rings. The highest BCUT2D eigenvalue weighted by Crippen LogP contribution is 2.27. The second-order valence-corrected chi connectivity index (χ2v) is 5.78. The van der Waals surface area contributed by atoms with Crippen LogP contribution < -0.4 is 10.0 Å². The van der Waals surface area contributed by atoms with Crippen LogP contribution in [0.3, 0.4) is 0 Å². The molecule has 10 heteroatoms. The number of hydrogen-bond acceptors (Lipinski definition) is 4. The van der Waals surface area contributed by atoms with Gasteiger partial charge in [-0.2, -0.15) is 4.98 Å². The number of nitrogens with zero attached hydrogens (tertiary/aromatic N) is 2. The van der Waals surface area contributed by atoms with Gasteiger partial charge in [0.2, 0.25) is 16.6 Å². The molecule has 0 saturated heterocycles. The summed E-state index contributed by atoms with van der Waals surface area (Å²) < 4.78 is 36.0. The zero-order valence-electron chi connectivity index (χ0n) is 10.3. The van der Waals surface area contributed by atoms with Crippen LogP contribution in [0.15, 0.2) is 28.9 Å². The number of anilines is 2. The summed E-state index contributed by atoms with van der Waals surface area (Å²) in [6.45, 7) is -0.130. The molecule has 0 fully saturated rings. The Balaban J connectivity index is 2.33. The molecule has 1 unspecified atom stereocenters. The average Bonchev–Trinajstić information content (AvgIpc) is 2.42. The van der Waals surface area contributed by atoms with Gasteiger partial charge in [-0.15, -0.1) is 0 Å². The van der Waals surface area contributed by atoms with E-state index in [0.717, 1.165) is 0 Å². The maximum atomic E-state index is 13.9. The van der Waals surface area contributed by atoms with E-state index in [2.05, 4.69) is 35.9 Å². The molecule has 1 atom stereocenters. The van der Waals surface area contributed by atoms with E-state index < -0.39 is 17.1 Å². The van der Waals surface area contributed by atoms with Gasteiger partial charge in [0.15, 0.2) is 0 Å². The molecule has 6 nitrogen and oxygen atoms in total. The number of rotatable bonds is 5. The van der Waals surface area contributed by atoms with Gasteiger partial charge in [-0.25, -0.2) is 18.3 Å². The van der Waals surface area contributed by atoms with E-state index in [-0.39, 0.29) is 17.4 Å². The Labute approximate surface area is 135 Å². The Hall–Kier alpha value is -1.13. The second-order valence-electron chi connectivity index (χ2n) is 3.80. The molecule has 0 aliphatic heterocycles. The predicted octanol–water partition coefficient (Wildman–Crippen LogP) is 3.00. The van der Waals surface area contributed by atoms with Crippen LogP contribution in [0.4, 0.5) is 15.9 Å². The molecule has 2 aromatic rings. The summed E-state index contributed by atoms with van der Waals surface area (Å²) in [5, 5.41) is 2.94. The van der Waals surface area contributed by atoms with Crippen LogP contribution in [-0.4, -0.2) is 18.7 Å². The van der Waals surface area contributed by atoms with Crippen molar-refractivity contribution in [2.24, 2.45) is 0 Å². The Morgan fingerprint density at radius 1 is 1.48 bits per heavy atom. The van der Waals surface area contributed by atoms with Crippen molar-refractivity contribution >= 4 is 50.3 Å². The first-order valence-corrected chi connectivity index (χ1v) is 7.82. The van der Waals surface area contributed by atoms with E-state index in [1.165, 1.54) is 18.3 Å². The van der Waals surface area contributed by atoms with Gasteiger partial charge in [0.1, 0.15) is 11.6 Å². The minimum Gasteiger partial charge on any atom is -0.339 e. The van der Waals surface area contributed by atoms with Crippen molar-refractivity contribution in [1.82, 2.24) is 14.7 Å². The van der Waals surface area contributed by atoms with Gasteiger partial charge in [-0.3, -0.25) is 4.55 Å². The van der Waals surface area contributed by atoms with E-state index in [4.69, 9.17) is 16.2 Å². The van der Waals surface area contributed by atoms with Gasteiger partial charge in [0, 0.05) is 24.0 Å². The zero-order chi connectivity index (χ0) is 15.4. The maximum absolute atomic E-state index is 13.9. The predicted molar refractivity (Wildman–Crippen MR) is 82.0 cm³/mol. The third kappa shape index (κ3) is 4.42. The molecular weight excluding hydrogens is 387 g/mol. The SMILES string of the molecule is O=S(O)NCc1c(F)cccc1Nc1nc(Cl)ncc1Br. The fourth-order valence-electron chi connectivity index (χ4n) is 1.55. The molecule has 1 heterocycles. The molecule has 0 radical (unpaired) electrons. The first-order chi connectivity index (χ1) is 9.97. The minimum atomic E-state index is -2.24. The lowest BCUT2D eigenvalue weighted by atomic mass is 10.1. The second kappa shape index (κ2) is 7.23. The van der Waals surface area contributed by atoms with Crippen LogP contribution in [0.5, 0.6) is 0 Å². The molecule has 0 spiro atoms. The Morgan fingerprint density at radius 3 is 2.95 bits per heavy atom. The molecule has 0 aliphatic carbocycles. The highest BCUT2D eigenvalue weighted by molar-refractivity contribution is 9.10. The number of hydrogen-bond donors (Lipinski definition) is 3. The first-order valence-electron chi connectivity index (χ1n) is 5.54. The fourth-order valence-corrected chi connectivity index (χ4v) is 2.24. The normalized spacial score (nSPS) is 12.2. The van der Waals surface area contributed by atoms with E-state index >= 15 is 0 Å². The lowest BCUT2D eigenvalue weighted by Gasteiger charge is -2.13. The third-order valence-corrected chi connectivity index (χ3v) is 3.61. The molecule has 0 saturated carbocycles. The Bertz CT molecular complexity index is 691. The minimum absolute atomic E-state index is 0.0354. The van der Waals surface area contributed by atoms with E-state index in [1.807, 2.05) is 0 Å². The van der Waals surface area contributed by atoms with Gasteiger partial charge in [0.25, 0.3) is 0 Å². The van der Waals surface area contributed by atoms with Crippen LogP contribution in [0.2, 0.25) is 5.28 Å². The van der Waals surface area contributed by atoms with Crippen molar-refractivity contribution in [3.8, 4) is 0 Å². The maximum Gasteiger partial charge on any atom is 0.232 e. The summed E-state index contributed by atoms with van der Waals surface area (Å²) >= 11 is 6.73. The van der Waals surface area contributed by atoms with Crippen LogP contribution in [0.25, 0.3) is 0 Å². The molecule has 112 valence electrons. The highest BCUT2D eigenvalue weighted by atomic mass is 79.9. The van der Waals surface area contributed by atoms with E-state index in [1.54, 1.807) is 6.07 Å². The largest absolute Gasteiger partial charge is 0.339 e. The molecule has 0 amide bonds. The van der Waals surface area contributed by atoms with Crippen LogP contribution >= 0.6 is 27.5 Å². The van der Waals surface area contributed by atoms with Crippen molar-refractivity contribution in [2.45, 2.75) is 6.54 Å². The monoisotopic (exact) mass is 394 g/mol. The van der Waals surface area contributed by atoms with Crippen LogP contribution in [-0.2, 0) is 17.8 Å². The van der Waals surface area contributed by atoms with Crippen molar-refractivity contribution in [3.63, 3.8) is 0 Å². The Kier molecular flexibility index (Phi) is 5.59.